The topological polar surface area (TPSA) is 42.4 Å². The minimum atomic E-state index is 0.208. The summed E-state index contributed by atoms with van der Waals surface area (Å²) in [5.74, 6) is 2.31. The summed E-state index contributed by atoms with van der Waals surface area (Å²) in [6.45, 7) is 6.15. The Balaban J connectivity index is 1.53. The van der Waals surface area contributed by atoms with Crippen LogP contribution in [0.2, 0.25) is 0 Å². The van der Waals surface area contributed by atoms with Gasteiger partial charge in [0.2, 0.25) is 0 Å². The van der Waals surface area contributed by atoms with Gasteiger partial charge in [0.25, 0.3) is 0 Å². The number of Topliss-reactive ketones (excluding diaryl/α,β-unsaturated/α-hetero) is 1. The zero-order chi connectivity index (χ0) is 15.8. The lowest BCUT2D eigenvalue weighted by atomic mass is 9.76. The SMILES string of the molecule is CCOc1ccc2c(C(=O)C[C@@H]3CN4CCC3CC4)nsc2c1. The predicted octanol–water partition coefficient (Wildman–Crippen LogP) is 3.61. The van der Waals surface area contributed by atoms with Gasteiger partial charge in [-0.15, -0.1) is 0 Å². The predicted molar refractivity (Wildman–Crippen MR) is 92.4 cm³/mol. The number of hydrogen-bond acceptors (Lipinski definition) is 5. The first-order valence-electron chi connectivity index (χ1n) is 8.52. The van der Waals surface area contributed by atoms with Crippen molar-refractivity contribution in [3.63, 3.8) is 0 Å². The molecule has 0 spiro atoms. The molecule has 2 aromatic rings. The van der Waals surface area contributed by atoms with E-state index in [0.717, 1.165) is 28.3 Å². The molecule has 4 nitrogen and oxygen atoms in total. The van der Waals surface area contributed by atoms with E-state index >= 15 is 0 Å². The highest BCUT2D eigenvalue weighted by Crippen LogP contribution is 2.36. The zero-order valence-electron chi connectivity index (χ0n) is 13.5. The van der Waals surface area contributed by atoms with Gasteiger partial charge in [0.1, 0.15) is 11.4 Å². The Morgan fingerprint density at radius 2 is 2.22 bits per heavy atom. The number of aromatic nitrogens is 1. The van der Waals surface area contributed by atoms with Crippen LogP contribution >= 0.6 is 11.5 Å². The number of carbonyl (C=O) groups is 1. The molecule has 122 valence electrons. The Morgan fingerprint density at radius 1 is 1.39 bits per heavy atom. The van der Waals surface area contributed by atoms with E-state index in [-0.39, 0.29) is 5.78 Å². The smallest absolute Gasteiger partial charge is 0.183 e. The monoisotopic (exact) mass is 330 g/mol. The number of benzene rings is 1. The van der Waals surface area contributed by atoms with E-state index in [1.807, 2.05) is 25.1 Å². The van der Waals surface area contributed by atoms with Crippen LogP contribution in [0.5, 0.6) is 5.75 Å². The third-order valence-electron chi connectivity index (χ3n) is 5.26. The quantitative estimate of drug-likeness (QED) is 0.786. The number of hydrogen-bond donors (Lipinski definition) is 0. The van der Waals surface area contributed by atoms with Crippen LogP contribution in [0.1, 0.15) is 36.7 Å². The van der Waals surface area contributed by atoms with Crippen molar-refractivity contribution in [2.75, 3.05) is 26.2 Å². The molecule has 1 aromatic carbocycles. The number of nitrogens with zero attached hydrogens (tertiary/aromatic N) is 2. The molecule has 0 amide bonds. The van der Waals surface area contributed by atoms with Crippen molar-refractivity contribution >= 4 is 27.4 Å². The summed E-state index contributed by atoms with van der Waals surface area (Å²) in [5, 5.41) is 0.977. The average Bonchev–Trinajstić information content (AvgIpc) is 2.99. The van der Waals surface area contributed by atoms with Crippen LogP contribution in [-0.4, -0.2) is 41.3 Å². The molecule has 0 radical (unpaired) electrons. The summed E-state index contributed by atoms with van der Waals surface area (Å²) in [5.41, 5.74) is 0.657. The minimum Gasteiger partial charge on any atom is -0.494 e. The normalized spacial score (nSPS) is 26.6. The van der Waals surface area contributed by atoms with E-state index in [1.165, 1.54) is 37.5 Å². The van der Waals surface area contributed by atoms with E-state index in [2.05, 4.69) is 9.27 Å². The number of ketones is 1. The summed E-state index contributed by atoms with van der Waals surface area (Å²) < 4.78 is 11.0. The fourth-order valence-electron chi connectivity index (χ4n) is 4.03. The first-order valence-corrected chi connectivity index (χ1v) is 9.29. The summed E-state index contributed by atoms with van der Waals surface area (Å²) in [7, 11) is 0. The van der Waals surface area contributed by atoms with Gasteiger partial charge in [0.15, 0.2) is 5.78 Å². The lowest BCUT2D eigenvalue weighted by Crippen LogP contribution is -2.47. The molecule has 2 bridgehead atoms. The van der Waals surface area contributed by atoms with Gasteiger partial charge in [-0.25, -0.2) is 0 Å². The highest BCUT2D eigenvalue weighted by Gasteiger charge is 2.35. The van der Waals surface area contributed by atoms with Crippen molar-refractivity contribution < 1.29 is 9.53 Å². The molecular weight excluding hydrogens is 308 g/mol. The molecule has 0 saturated carbocycles. The Bertz CT molecular complexity index is 719. The number of carbonyl (C=O) groups excluding carboxylic acids is 1. The summed E-state index contributed by atoms with van der Waals surface area (Å²) in [6.07, 6.45) is 3.16. The highest BCUT2D eigenvalue weighted by atomic mass is 32.1. The van der Waals surface area contributed by atoms with E-state index in [1.54, 1.807) is 0 Å². The van der Waals surface area contributed by atoms with Crippen LogP contribution in [-0.2, 0) is 0 Å². The van der Waals surface area contributed by atoms with Gasteiger partial charge in [0, 0.05) is 18.4 Å². The van der Waals surface area contributed by atoms with Crippen molar-refractivity contribution in [1.29, 1.82) is 0 Å². The fourth-order valence-corrected chi connectivity index (χ4v) is 4.85. The van der Waals surface area contributed by atoms with Crippen molar-refractivity contribution in [3.05, 3.63) is 23.9 Å². The molecule has 23 heavy (non-hydrogen) atoms. The standard InChI is InChI=1S/C18H22N2O2S/c1-2-22-14-3-4-15-17(10-14)23-19-18(15)16(21)9-13-11-20-7-5-12(13)6-8-20/h3-4,10,12-13H,2,5-9,11H2,1H3/t13-/m1/s1. The lowest BCUT2D eigenvalue weighted by molar-refractivity contribution is 0.0440. The van der Waals surface area contributed by atoms with Crippen molar-refractivity contribution in [2.24, 2.45) is 11.8 Å². The highest BCUT2D eigenvalue weighted by molar-refractivity contribution is 7.13. The molecule has 0 unspecified atom stereocenters. The molecule has 5 heteroatoms. The zero-order valence-corrected chi connectivity index (χ0v) is 14.3. The molecule has 3 aliphatic heterocycles. The van der Waals surface area contributed by atoms with Crippen LogP contribution in [0.15, 0.2) is 18.2 Å². The molecule has 5 rings (SSSR count). The first-order chi connectivity index (χ1) is 11.2. The van der Waals surface area contributed by atoms with Crippen molar-refractivity contribution in [3.8, 4) is 5.75 Å². The number of fused-ring (bicyclic) bond motifs is 4. The van der Waals surface area contributed by atoms with Crippen molar-refractivity contribution in [1.82, 2.24) is 9.27 Å². The molecule has 1 aromatic heterocycles. The maximum atomic E-state index is 12.8. The molecular formula is C18H22N2O2S. The molecule has 0 aliphatic carbocycles. The maximum absolute atomic E-state index is 12.8. The molecule has 3 fully saturated rings. The van der Waals surface area contributed by atoms with Crippen LogP contribution in [0, 0.1) is 11.8 Å². The number of ether oxygens (including phenoxy) is 1. The first kappa shape index (κ1) is 15.1. The van der Waals surface area contributed by atoms with Crippen LogP contribution in [0.3, 0.4) is 0 Å². The minimum absolute atomic E-state index is 0.208. The van der Waals surface area contributed by atoms with E-state index in [9.17, 15) is 4.79 Å². The third kappa shape index (κ3) is 2.88. The molecule has 4 heterocycles. The second kappa shape index (κ2) is 6.21. The second-order valence-corrected chi connectivity index (χ2v) is 7.45. The van der Waals surface area contributed by atoms with Gasteiger partial charge in [-0.1, -0.05) is 0 Å². The van der Waals surface area contributed by atoms with Gasteiger partial charge < -0.3 is 9.64 Å². The Kier molecular flexibility index (Phi) is 4.07. The molecule has 3 saturated heterocycles. The van der Waals surface area contributed by atoms with Gasteiger partial charge in [-0.05, 0) is 74.4 Å². The number of piperidine rings is 3. The Morgan fingerprint density at radius 3 is 2.91 bits per heavy atom. The Labute approximate surface area is 140 Å². The van der Waals surface area contributed by atoms with E-state index in [0.29, 0.717) is 24.6 Å². The summed E-state index contributed by atoms with van der Waals surface area (Å²) in [4.78, 5) is 15.3. The summed E-state index contributed by atoms with van der Waals surface area (Å²) >= 11 is 1.40. The molecule has 0 N–H and O–H groups in total. The summed E-state index contributed by atoms with van der Waals surface area (Å²) in [6, 6.07) is 5.90. The lowest BCUT2D eigenvalue weighted by Gasteiger charge is -2.44. The van der Waals surface area contributed by atoms with E-state index in [4.69, 9.17) is 4.74 Å². The number of rotatable bonds is 5. The second-order valence-electron chi connectivity index (χ2n) is 6.65. The maximum Gasteiger partial charge on any atom is 0.183 e. The van der Waals surface area contributed by atoms with E-state index < -0.39 is 0 Å². The van der Waals surface area contributed by atoms with Crippen LogP contribution in [0.25, 0.3) is 10.1 Å². The average molecular weight is 330 g/mol. The Hall–Kier alpha value is -1.46. The third-order valence-corrected chi connectivity index (χ3v) is 6.07. The van der Waals surface area contributed by atoms with Crippen molar-refractivity contribution in [2.45, 2.75) is 26.2 Å². The largest absolute Gasteiger partial charge is 0.494 e. The van der Waals surface area contributed by atoms with Gasteiger partial charge in [-0.2, -0.15) is 4.37 Å². The van der Waals surface area contributed by atoms with Gasteiger partial charge in [0.05, 0.1) is 11.3 Å². The van der Waals surface area contributed by atoms with Gasteiger partial charge >= 0.3 is 0 Å². The molecule has 3 aliphatic rings. The van der Waals surface area contributed by atoms with Crippen LogP contribution in [0.4, 0.5) is 0 Å². The van der Waals surface area contributed by atoms with Gasteiger partial charge in [-0.3, -0.25) is 4.79 Å². The fraction of sp³-hybridized carbons (Fsp3) is 0.556. The molecule has 1 atom stereocenters. The van der Waals surface area contributed by atoms with Crippen LogP contribution < -0.4 is 4.74 Å².